The van der Waals surface area contributed by atoms with Crippen LogP contribution in [0.15, 0.2) is 103 Å². The maximum Gasteiger partial charge on any atom is 0.119 e. The molecule has 0 radical (unpaired) electrons. The Kier molecular flexibility index (Phi) is 7.96. The van der Waals surface area contributed by atoms with Crippen LogP contribution in [0.2, 0.25) is 0 Å². The first-order chi connectivity index (χ1) is 17.5. The number of hydrogen-bond acceptors (Lipinski definition) is 4. The second kappa shape index (κ2) is 11.5. The van der Waals surface area contributed by atoms with Crippen molar-refractivity contribution in [1.82, 2.24) is 4.98 Å². The van der Waals surface area contributed by atoms with E-state index >= 15 is 0 Å². The van der Waals surface area contributed by atoms with Gasteiger partial charge in [0.1, 0.15) is 5.76 Å². The third-order valence-electron chi connectivity index (χ3n) is 6.46. The Morgan fingerprint density at radius 3 is 2.39 bits per heavy atom. The smallest absolute Gasteiger partial charge is 0.119 e. The first kappa shape index (κ1) is 24.9. The minimum atomic E-state index is 0.0312. The molecule has 1 aromatic heterocycles. The molecule has 4 aromatic rings. The molecule has 36 heavy (non-hydrogen) atoms. The summed E-state index contributed by atoms with van der Waals surface area (Å²) in [5, 5.41) is 13.6. The molecule has 0 saturated carbocycles. The molecule has 1 N–H and O–H groups in total. The molecule has 3 aromatic carbocycles. The van der Waals surface area contributed by atoms with Crippen molar-refractivity contribution in [1.29, 1.82) is 0 Å². The van der Waals surface area contributed by atoms with Crippen LogP contribution in [-0.2, 0) is 4.74 Å². The van der Waals surface area contributed by atoms with Gasteiger partial charge in [-0.15, -0.1) is 0 Å². The first-order valence-corrected chi connectivity index (χ1v) is 12.2. The van der Waals surface area contributed by atoms with E-state index in [0.29, 0.717) is 24.5 Å². The summed E-state index contributed by atoms with van der Waals surface area (Å²) in [5.74, 6) is 0.710. The molecular weight excluding hydrogens is 444 g/mol. The van der Waals surface area contributed by atoms with Crippen LogP contribution in [0.5, 0.6) is 0 Å². The molecule has 4 nitrogen and oxygen atoms in total. The number of aromatic nitrogens is 1. The van der Waals surface area contributed by atoms with Gasteiger partial charge in [0.2, 0.25) is 0 Å². The summed E-state index contributed by atoms with van der Waals surface area (Å²) in [7, 11) is 0. The van der Waals surface area contributed by atoms with Crippen molar-refractivity contribution in [2.24, 2.45) is 5.16 Å². The predicted octanol–water partition coefficient (Wildman–Crippen LogP) is 7.77. The Morgan fingerprint density at radius 1 is 0.917 bits per heavy atom. The molecule has 1 heterocycles. The third kappa shape index (κ3) is 5.72. The summed E-state index contributed by atoms with van der Waals surface area (Å²) in [6, 6.07) is 29.1. The second-order valence-electron chi connectivity index (χ2n) is 8.90. The first-order valence-electron chi connectivity index (χ1n) is 12.2. The molecule has 1 atom stereocenters. The zero-order valence-electron chi connectivity index (χ0n) is 21.1. The van der Waals surface area contributed by atoms with E-state index < -0.39 is 0 Å². The number of hydrogen-bond donors (Lipinski definition) is 1. The molecule has 4 heteroatoms. The largest absolute Gasteiger partial charge is 0.494 e. The maximum atomic E-state index is 9.93. The van der Waals surface area contributed by atoms with Crippen molar-refractivity contribution in [2.75, 3.05) is 6.61 Å². The number of rotatable bonds is 9. The fourth-order valence-corrected chi connectivity index (χ4v) is 4.56. The molecule has 0 amide bonds. The van der Waals surface area contributed by atoms with Crippen molar-refractivity contribution in [3.05, 3.63) is 131 Å². The monoisotopic (exact) mass is 476 g/mol. The third-order valence-corrected chi connectivity index (χ3v) is 6.46. The Hall–Kier alpha value is -4.18. The van der Waals surface area contributed by atoms with Gasteiger partial charge in [-0.1, -0.05) is 78.5 Å². The minimum Gasteiger partial charge on any atom is -0.494 e. The van der Waals surface area contributed by atoms with Gasteiger partial charge >= 0.3 is 0 Å². The van der Waals surface area contributed by atoms with Crippen LogP contribution in [0.4, 0.5) is 0 Å². The summed E-state index contributed by atoms with van der Waals surface area (Å²) in [4.78, 5) is 4.28. The Balaban J connectivity index is 1.69. The molecule has 0 aliphatic heterocycles. The van der Waals surface area contributed by atoms with Crippen molar-refractivity contribution in [2.45, 2.75) is 33.1 Å². The Morgan fingerprint density at radius 2 is 1.69 bits per heavy atom. The van der Waals surface area contributed by atoms with Gasteiger partial charge in [-0.05, 0) is 66.8 Å². The van der Waals surface area contributed by atoms with Crippen LogP contribution >= 0.6 is 0 Å². The summed E-state index contributed by atoms with van der Waals surface area (Å²) in [6.45, 7) is 10.7. The van der Waals surface area contributed by atoms with E-state index in [1.54, 1.807) is 6.20 Å². The summed E-state index contributed by atoms with van der Waals surface area (Å²) < 4.78 is 5.59. The highest BCUT2D eigenvalue weighted by atomic mass is 16.5. The van der Waals surface area contributed by atoms with E-state index in [4.69, 9.17) is 4.74 Å². The lowest BCUT2D eigenvalue weighted by Gasteiger charge is -2.21. The number of aryl methyl sites for hydroxylation is 2. The fraction of sp³-hybridized carbons (Fsp3) is 0.188. The van der Waals surface area contributed by atoms with E-state index in [9.17, 15) is 5.21 Å². The summed E-state index contributed by atoms with van der Waals surface area (Å²) in [6.07, 6.45) is 2.32. The lowest BCUT2D eigenvalue weighted by atomic mass is 9.83. The zero-order chi connectivity index (χ0) is 25.5. The highest BCUT2D eigenvalue weighted by Gasteiger charge is 2.20. The maximum absolute atomic E-state index is 9.93. The number of ether oxygens (including phenoxy) is 1. The molecule has 1 unspecified atom stereocenters. The van der Waals surface area contributed by atoms with Crippen molar-refractivity contribution in [3.63, 3.8) is 0 Å². The number of oxime groups is 1. The van der Waals surface area contributed by atoms with Gasteiger partial charge in [-0.3, -0.25) is 4.98 Å². The normalized spacial score (nSPS) is 12.2. The number of benzene rings is 3. The molecule has 0 aliphatic rings. The molecular formula is C32H32N2O2. The SMILES string of the molecule is C=C(OCC)c1cccc(-c2ccc(C(C/C(=N\O)c3ccnc(C)c3)c3ccccc3C)cc2)c1. The summed E-state index contributed by atoms with van der Waals surface area (Å²) >= 11 is 0. The average Bonchev–Trinajstić information content (AvgIpc) is 2.90. The zero-order valence-corrected chi connectivity index (χ0v) is 21.1. The van der Waals surface area contributed by atoms with Gasteiger partial charge in [0.25, 0.3) is 0 Å². The van der Waals surface area contributed by atoms with Crippen molar-refractivity contribution >= 4 is 11.5 Å². The highest BCUT2D eigenvalue weighted by molar-refractivity contribution is 6.01. The van der Waals surface area contributed by atoms with Crippen LogP contribution < -0.4 is 0 Å². The Bertz CT molecular complexity index is 1370. The van der Waals surface area contributed by atoms with Gasteiger partial charge in [-0.2, -0.15) is 0 Å². The molecule has 0 spiro atoms. The minimum absolute atomic E-state index is 0.0312. The predicted molar refractivity (Wildman–Crippen MR) is 147 cm³/mol. The van der Waals surface area contributed by atoms with Gasteiger partial charge in [0.05, 0.1) is 12.3 Å². The van der Waals surface area contributed by atoms with E-state index in [1.807, 2.05) is 38.1 Å². The molecule has 182 valence electrons. The van der Waals surface area contributed by atoms with Gasteiger partial charge in [0.15, 0.2) is 0 Å². The second-order valence-corrected chi connectivity index (χ2v) is 8.90. The van der Waals surface area contributed by atoms with Crippen LogP contribution in [0.25, 0.3) is 16.9 Å². The van der Waals surface area contributed by atoms with E-state index in [0.717, 1.165) is 33.5 Å². The van der Waals surface area contributed by atoms with Crippen molar-refractivity contribution < 1.29 is 9.94 Å². The van der Waals surface area contributed by atoms with E-state index in [1.165, 1.54) is 11.1 Å². The van der Waals surface area contributed by atoms with Gasteiger partial charge in [-0.25, -0.2) is 0 Å². The van der Waals surface area contributed by atoms with Gasteiger partial charge < -0.3 is 9.94 Å². The van der Waals surface area contributed by atoms with Gasteiger partial charge in [0, 0.05) is 35.4 Å². The van der Waals surface area contributed by atoms with Crippen molar-refractivity contribution in [3.8, 4) is 11.1 Å². The van der Waals surface area contributed by atoms with Crippen LogP contribution in [0, 0.1) is 13.8 Å². The van der Waals surface area contributed by atoms with E-state index in [-0.39, 0.29) is 5.92 Å². The lowest BCUT2D eigenvalue weighted by Crippen LogP contribution is -2.12. The van der Waals surface area contributed by atoms with E-state index in [2.05, 4.69) is 84.3 Å². The molecule has 0 saturated heterocycles. The highest BCUT2D eigenvalue weighted by Crippen LogP contribution is 2.33. The van der Waals surface area contributed by atoms with Crippen LogP contribution in [-0.4, -0.2) is 22.5 Å². The quantitative estimate of drug-likeness (QED) is 0.116. The summed E-state index contributed by atoms with van der Waals surface area (Å²) in [5.41, 5.74) is 9.20. The molecule has 0 fully saturated rings. The fourth-order valence-electron chi connectivity index (χ4n) is 4.56. The number of pyridine rings is 1. The average molecular weight is 477 g/mol. The Labute approximate surface area is 213 Å². The standard InChI is InChI=1S/C32H32N2O2/c1-5-36-24(4)27-10-8-11-28(20-27)25-13-15-26(16-14-25)31(30-12-7-6-9-22(30)2)21-32(34-35)29-17-18-33-23(3)19-29/h6-20,31,35H,4-5,21H2,1-3H3/b34-32+. The van der Waals surface area contributed by atoms with Crippen LogP contribution in [0.3, 0.4) is 0 Å². The molecule has 4 rings (SSSR count). The lowest BCUT2D eigenvalue weighted by molar-refractivity contribution is 0.299. The van der Waals surface area contributed by atoms with Crippen LogP contribution in [0.1, 0.15) is 52.8 Å². The molecule has 0 aliphatic carbocycles. The molecule has 0 bridgehead atoms. The topological polar surface area (TPSA) is 54.7 Å². The number of nitrogens with zero attached hydrogens (tertiary/aromatic N) is 2.